The van der Waals surface area contributed by atoms with Crippen LogP contribution < -0.4 is 20.1 Å². The van der Waals surface area contributed by atoms with E-state index in [1.54, 1.807) is 6.33 Å². The summed E-state index contributed by atoms with van der Waals surface area (Å²) in [6.07, 6.45) is 1.56. The van der Waals surface area contributed by atoms with E-state index in [9.17, 15) is 0 Å². The monoisotopic (exact) mass is 328 g/mol. The molecule has 1 aliphatic rings. The maximum Gasteiger partial charge on any atom is 0.231 e. The molecular weight excluding hydrogens is 312 g/mol. The number of ether oxygens (including phenoxy) is 2. The Balaban J connectivity index is 1.53. The van der Waals surface area contributed by atoms with Gasteiger partial charge in [-0.25, -0.2) is 4.98 Å². The first-order valence-corrected chi connectivity index (χ1v) is 7.52. The fourth-order valence-electron chi connectivity index (χ4n) is 2.45. The van der Waals surface area contributed by atoms with Crippen molar-refractivity contribution in [2.75, 3.05) is 30.6 Å². The summed E-state index contributed by atoms with van der Waals surface area (Å²) in [5, 5.41) is 15.2. The molecule has 0 unspecified atom stereocenters. The second-order valence-corrected chi connectivity index (χ2v) is 5.19. The van der Waals surface area contributed by atoms with Gasteiger partial charge in [0.05, 0.1) is 12.9 Å². The van der Waals surface area contributed by atoms with Gasteiger partial charge in [-0.2, -0.15) is 9.97 Å². The Morgan fingerprint density at radius 1 is 1.17 bits per heavy atom. The molecule has 124 valence electrons. The fourth-order valence-corrected chi connectivity index (χ4v) is 2.45. The van der Waals surface area contributed by atoms with E-state index >= 15 is 0 Å². The van der Waals surface area contributed by atoms with Gasteiger partial charge in [-0.15, -0.1) is 0 Å². The highest BCUT2D eigenvalue weighted by atomic mass is 16.7. The average Bonchev–Trinajstić information content (AvgIpc) is 3.26. The number of benzene rings is 1. The van der Waals surface area contributed by atoms with Crippen LogP contribution in [0.15, 0.2) is 24.5 Å². The quantitative estimate of drug-likeness (QED) is 0.531. The maximum absolute atomic E-state index is 8.98. The molecule has 0 atom stereocenters. The second kappa shape index (κ2) is 6.20. The second-order valence-electron chi connectivity index (χ2n) is 5.19. The summed E-state index contributed by atoms with van der Waals surface area (Å²) in [5.41, 5.74) is 2.28. The lowest BCUT2D eigenvalue weighted by molar-refractivity contribution is 0.174. The molecule has 4 N–H and O–H groups in total. The molecule has 3 heterocycles. The first-order chi connectivity index (χ1) is 11.8. The Kier molecular flexibility index (Phi) is 3.75. The molecular formula is C15H16N6O3. The zero-order chi connectivity index (χ0) is 16.4. The Hall–Kier alpha value is -3.07. The van der Waals surface area contributed by atoms with E-state index in [1.165, 1.54) is 0 Å². The summed E-state index contributed by atoms with van der Waals surface area (Å²) in [7, 11) is 0. The Bertz CT molecular complexity index is 866. The van der Waals surface area contributed by atoms with E-state index in [0.29, 0.717) is 36.0 Å². The zero-order valence-corrected chi connectivity index (χ0v) is 12.7. The smallest absolute Gasteiger partial charge is 0.231 e. The lowest BCUT2D eigenvalue weighted by Crippen LogP contribution is -2.10. The van der Waals surface area contributed by atoms with Crippen molar-refractivity contribution in [3.8, 4) is 11.5 Å². The van der Waals surface area contributed by atoms with Crippen LogP contribution in [0.4, 0.5) is 11.8 Å². The number of aliphatic hydroxyl groups excluding tert-OH is 1. The molecule has 4 rings (SSSR count). The topological polar surface area (TPSA) is 117 Å². The molecule has 1 aromatic carbocycles. The molecule has 3 aromatic rings. The fraction of sp³-hybridized carbons (Fsp3) is 0.267. The number of anilines is 2. The minimum atomic E-state index is 0.0135. The van der Waals surface area contributed by atoms with E-state index in [4.69, 9.17) is 14.6 Å². The summed E-state index contributed by atoms with van der Waals surface area (Å²) in [6.45, 7) is 1.20. The van der Waals surface area contributed by atoms with Gasteiger partial charge >= 0.3 is 0 Å². The first kappa shape index (κ1) is 14.5. The van der Waals surface area contributed by atoms with Crippen LogP contribution in [0.2, 0.25) is 0 Å². The van der Waals surface area contributed by atoms with Gasteiger partial charge < -0.3 is 30.2 Å². The van der Waals surface area contributed by atoms with Crippen LogP contribution in [0.5, 0.6) is 11.5 Å². The molecule has 2 aromatic heterocycles. The molecule has 0 amide bonds. The number of rotatable bonds is 6. The molecule has 0 radical (unpaired) electrons. The van der Waals surface area contributed by atoms with E-state index in [-0.39, 0.29) is 13.4 Å². The maximum atomic E-state index is 8.98. The Morgan fingerprint density at radius 3 is 3.00 bits per heavy atom. The molecule has 9 heteroatoms. The number of aromatic amines is 1. The predicted octanol–water partition coefficient (Wildman–Crippen LogP) is 1.10. The predicted molar refractivity (Wildman–Crippen MR) is 87.2 cm³/mol. The third-order valence-electron chi connectivity index (χ3n) is 3.58. The Morgan fingerprint density at radius 2 is 2.08 bits per heavy atom. The number of nitrogens with zero attached hydrogens (tertiary/aromatic N) is 3. The highest BCUT2D eigenvalue weighted by Crippen LogP contribution is 2.32. The standard InChI is InChI=1S/C15H16N6O3/c22-4-3-16-13-12-14(19-7-18-12)21-15(20-13)17-6-9-1-2-10-11(5-9)24-8-23-10/h1-2,5,7,22H,3-4,6,8H2,(H3,16,17,18,19,20,21). The SMILES string of the molecule is OCCNc1nc(NCc2ccc3c(c2)OCO3)nc2nc[nH]c12. The first-order valence-electron chi connectivity index (χ1n) is 7.52. The number of aromatic nitrogens is 4. The highest BCUT2D eigenvalue weighted by molar-refractivity contribution is 5.83. The van der Waals surface area contributed by atoms with Crippen LogP contribution >= 0.6 is 0 Å². The minimum absolute atomic E-state index is 0.0135. The molecule has 0 aliphatic carbocycles. The molecule has 0 fully saturated rings. The third-order valence-corrected chi connectivity index (χ3v) is 3.58. The van der Waals surface area contributed by atoms with Crippen LogP contribution in [0.25, 0.3) is 11.2 Å². The highest BCUT2D eigenvalue weighted by Gasteiger charge is 2.14. The number of hydrogen-bond acceptors (Lipinski definition) is 8. The molecule has 0 bridgehead atoms. The molecule has 24 heavy (non-hydrogen) atoms. The summed E-state index contributed by atoms with van der Waals surface area (Å²) in [4.78, 5) is 15.9. The lowest BCUT2D eigenvalue weighted by atomic mass is 10.2. The third kappa shape index (κ3) is 2.76. The van der Waals surface area contributed by atoms with E-state index in [2.05, 4.69) is 30.6 Å². The van der Waals surface area contributed by atoms with Gasteiger partial charge in [-0.3, -0.25) is 0 Å². The van der Waals surface area contributed by atoms with E-state index < -0.39 is 0 Å². The van der Waals surface area contributed by atoms with Crippen molar-refractivity contribution in [3.05, 3.63) is 30.1 Å². The number of aliphatic hydroxyl groups is 1. The van der Waals surface area contributed by atoms with Gasteiger partial charge in [0.25, 0.3) is 0 Å². The van der Waals surface area contributed by atoms with Crippen molar-refractivity contribution in [2.24, 2.45) is 0 Å². The van der Waals surface area contributed by atoms with E-state index in [0.717, 1.165) is 17.1 Å². The van der Waals surface area contributed by atoms with Gasteiger partial charge in [-0.05, 0) is 17.7 Å². The summed E-state index contributed by atoms with van der Waals surface area (Å²) in [6, 6.07) is 5.76. The van der Waals surface area contributed by atoms with Crippen LogP contribution in [0.1, 0.15) is 5.56 Å². The van der Waals surface area contributed by atoms with Crippen molar-refractivity contribution in [3.63, 3.8) is 0 Å². The number of fused-ring (bicyclic) bond motifs is 2. The van der Waals surface area contributed by atoms with Gasteiger partial charge in [0.2, 0.25) is 12.7 Å². The number of H-pyrrole nitrogens is 1. The molecule has 1 aliphatic heterocycles. The number of hydrogen-bond donors (Lipinski definition) is 4. The summed E-state index contributed by atoms with van der Waals surface area (Å²) in [5.74, 6) is 2.54. The van der Waals surface area contributed by atoms with Crippen molar-refractivity contribution >= 4 is 22.9 Å². The Labute approximate surface area is 137 Å². The van der Waals surface area contributed by atoms with Crippen molar-refractivity contribution in [2.45, 2.75) is 6.54 Å². The van der Waals surface area contributed by atoms with Crippen molar-refractivity contribution < 1.29 is 14.6 Å². The lowest BCUT2D eigenvalue weighted by Gasteiger charge is -2.09. The molecule has 0 spiro atoms. The average molecular weight is 328 g/mol. The van der Waals surface area contributed by atoms with Crippen LogP contribution in [0.3, 0.4) is 0 Å². The normalized spacial score (nSPS) is 12.5. The van der Waals surface area contributed by atoms with Crippen LogP contribution in [-0.4, -0.2) is 45.0 Å². The van der Waals surface area contributed by atoms with Crippen LogP contribution in [0, 0.1) is 0 Å². The van der Waals surface area contributed by atoms with Gasteiger partial charge in [0.15, 0.2) is 23.0 Å². The number of nitrogens with one attached hydrogen (secondary N) is 3. The van der Waals surface area contributed by atoms with Crippen LogP contribution in [-0.2, 0) is 6.54 Å². The summed E-state index contributed by atoms with van der Waals surface area (Å²) >= 11 is 0. The van der Waals surface area contributed by atoms with Gasteiger partial charge in [0, 0.05) is 13.1 Å². The minimum Gasteiger partial charge on any atom is -0.454 e. The van der Waals surface area contributed by atoms with Crippen molar-refractivity contribution in [1.29, 1.82) is 0 Å². The van der Waals surface area contributed by atoms with Gasteiger partial charge in [0.1, 0.15) is 5.52 Å². The molecule has 9 nitrogen and oxygen atoms in total. The summed E-state index contributed by atoms with van der Waals surface area (Å²) < 4.78 is 10.7. The zero-order valence-electron chi connectivity index (χ0n) is 12.7. The largest absolute Gasteiger partial charge is 0.454 e. The van der Waals surface area contributed by atoms with E-state index in [1.807, 2.05) is 18.2 Å². The van der Waals surface area contributed by atoms with Gasteiger partial charge in [-0.1, -0.05) is 6.07 Å². The number of imidazole rings is 1. The molecule has 0 saturated carbocycles. The van der Waals surface area contributed by atoms with Crippen molar-refractivity contribution in [1.82, 2.24) is 19.9 Å². The molecule has 0 saturated heterocycles.